The van der Waals surface area contributed by atoms with Crippen molar-refractivity contribution in [2.75, 3.05) is 39.6 Å². The predicted molar refractivity (Wildman–Crippen MR) is 465 cm³/mol. The van der Waals surface area contributed by atoms with Crippen molar-refractivity contribution in [3.63, 3.8) is 0 Å². The summed E-state index contributed by atoms with van der Waals surface area (Å²) in [6.45, 7) is 9.66. The van der Waals surface area contributed by atoms with Gasteiger partial charge in [-0.05, 0) is 37.5 Å². The molecule has 0 aliphatic rings. The van der Waals surface area contributed by atoms with Crippen LogP contribution in [0.15, 0.2) is 0 Å². The zero-order valence-corrected chi connectivity index (χ0v) is 75.8. The van der Waals surface area contributed by atoms with E-state index in [0.29, 0.717) is 31.6 Å². The molecule has 3 N–H and O–H groups in total. The molecular formula is C93H182O17P2. The number of hydrogen-bond acceptors (Lipinski definition) is 15. The lowest BCUT2D eigenvalue weighted by atomic mass is 10.0. The van der Waals surface area contributed by atoms with Gasteiger partial charge in [0.2, 0.25) is 0 Å². The molecule has 0 saturated heterocycles. The minimum absolute atomic E-state index is 0.108. The Kier molecular flexibility index (Phi) is 82.6. The monoisotopic (exact) mass is 1630 g/mol. The lowest BCUT2D eigenvalue weighted by molar-refractivity contribution is -0.161. The molecule has 5 atom stereocenters. The summed E-state index contributed by atoms with van der Waals surface area (Å²) in [6, 6.07) is 0. The third-order valence-electron chi connectivity index (χ3n) is 22.0. The van der Waals surface area contributed by atoms with Gasteiger partial charge in [0.25, 0.3) is 0 Å². The number of ether oxygens (including phenoxy) is 4. The zero-order valence-electron chi connectivity index (χ0n) is 74.0. The zero-order chi connectivity index (χ0) is 82.0. The summed E-state index contributed by atoms with van der Waals surface area (Å²) in [5.74, 6) is -0.596. The first kappa shape index (κ1) is 110. The highest BCUT2D eigenvalue weighted by Gasteiger charge is 2.31. The van der Waals surface area contributed by atoms with Gasteiger partial charge in [-0.2, -0.15) is 0 Å². The molecule has 0 bridgehead atoms. The van der Waals surface area contributed by atoms with Crippen LogP contribution in [0.25, 0.3) is 0 Å². The fourth-order valence-electron chi connectivity index (χ4n) is 14.7. The lowest BCUT2D eigenvalue weighted by Gasteiger charge is -2.21. The van der Waals surface area contributed by atoms with Crippen LogP contribution in [0.3, 0.4) is 0 Å². The molecule has 0 spiro atoms. The third-order valence-corrected chi connectivity index (χ3v) is 23.9. The minimum atomic E-state index is -4.97. The number of hydrogen-bond donors (Lipinski definition) is 3. The van der Waals surface area contributed by atoms with Crippen LogP contribution in [0.5, 0.6) is 0 Å². The van der Waals surface area contributed by atoms with Gasteiger partial charge >= 0.3 is 39.5 Å². The van der Waals surface area contributed by atoms with Crippen LogP contribution < -0.4 is 0 Å². The predicted octanol–water partition coefficient (Wildman–Crippen LogP) is 29.0. The maximum Gasteiger partial charge on any atom is 0.472 e. The molecule has 2 unspecified atom stereocenters. The summed E-state index contributed by atoms with van der Waals surface area (Å²) in [7, 11) is -9.94. The van der Waals surface area contributed by atoms with Gasteiger partial charge < -0.3 is 33.8 Å². The summed E-state index contributed by atoms with van der Waals surface area (Å²) in [6.07, 6.45) is 79.7. The average molecular weight is 1630 g/mol. The van der Waals surface area contributed by atoms with E-state index in [9.17, 15) is 43.2 Å². The first-order valence-electron chi connectivity index (χ1n) is 48.0. The van der Waals surface area contributed by atoms with E-state index in [4.69, 9.17) is 37.0 Å². The van der Waals surface area contributed by atoms with Crippen LogP contribution in [0.1, 0.15) is 504 Å². The topological polar surface area (TPSA) is 237 Å². The Morgan fingerprint density at radius 3 is 0.607 bits per heavy atom. The Morgan fingerprint density at radius 2 is 0.411 bits per heavy atom. The van der Waals surface area contributed by atoms with Crippen molar-refractivity contribution >= 4 is 39.5 Å². The SMILES string of the molecule is CCCCCCCCCCCCCCCCCCCCCCCCC(=O)O[C@H](COC(=O)CCCCCCCCCCCCCCCCCCCCC(C)C)COP(=O)(O)OC[C@@H](O)COP(=O)(O)OC[C@@H](COC(=O)CCCCCCCCC(C)C)OC(=O)CCCCCCCCCCCCCCCCCCCCCC. The molecule has 0 aliphatic carbocycles. The van der Waals surface area contributed by atoms with Crippen molar-refractivity contribution in [3.05, 3.63) is 0 Å². The normalized spacial score (nSPS) is 13.7. The summed E-state index contributed by atoms with van der Waals surface area (Å²) in [4.78, 5) is 73.4. The summed E-state index contributed by atoms with van der Waals surface area (Å²) >= 11 is 0. The fraction of sp³-hybridized carbons (Fsp3) is 0.957. The number of aliphatic hydroxyl groups is 1. The van der Waals surface area contributed by atoms with Gasteiger partial charge in [-0.15, -0.1) is 0 Å². The number of carbonyl (C=O) groups is 4. The standard InChI is InChI=1S/C93H182O17P2/c1-7-9-11-13-15-17-19-21-23-25-27-29-30-32-38-42-46-50-54-58-65-71-77-92(97)109-88(81-103-90(95)75-69-63-56-52-48-44-40-36-34-33-35-39-43-47-51-55-61-67-73-85(3)4)83-107-111(99,100)105-79-87(94)80-106-112(101,102)108-84-89(82-104-91(96)76-70-64-60-59-62-68-74-86(5)6)110-93(98)78-72-66-57-53-49-45-41-37-31-28-26-24-22-20-18-16-14-12-10-8-2/h85-89,94H,7-84H2,1-6H3,(H,99,100)(H,101,102)/t87-,88-,89-/m1/s1. The molecule has 0 rings (SSSR count). The van der Waals surface area contributed by atoms with Crippen LogP contribution in [0, 0.1) is 11.8 Å². The Labute approximate surface area is 689 Å². The average Bonchev–Trinajstić information content (AvgIpc) is 0.894. The highest BCUT2D eigenvalue weighted by Crippen LogP contribution is 2.45. The molecule has 0 aromatic rings. The van der Waals surface area contributed by atoms with Gasteiger partial charge in [0, 0.05) is 25.7 Å². The van der Waals surface area contributed by atoms with E-state index in [-0.39, 0.29) is 25.7 Å². The number of aliphatic hydroxyl groups excluding tert-OH is 1. The van der Waals surface area contributed by atoms with Crippen molar-refractivity contribution in [1.29, 1.82) is 0 Å². The second-order valence-corrected chi connectivity index (χ2v) is 37.3. The van der Waals surface area contributed by atoms with Crippen LogP contribution in [0.4, 0.5) is 0 Å². The quantitative estimate of drug-likeness (QED) is 0.0222. The van der Waals surface area contributed by atoms with Gasteiger partial charge in [0.05, 0.1) is 26.4 Å². The largest absolute Gasteiger partial charge is 0.472 e. The van der Waals surface area contributed by atoms with Crippen LogP contribution in [0.2, 0.25) is 0 Å². The van der Waals surface area contributed by atoms with Crippen molar-refractivity contribution < 1.29 is 80.2 Å². The van der Waals surface area contributed by atoms with Crippen molar-refractivity contribution in [2.24, 2.45) is 11.8 Å². The lowest BCUT2D eigenvalue weighted by Crippen LogP contribution is -2.30. The van der Waals surface area contributed by atoms with E-state index < -0.39 is 97.5 Å². The highest BCUT2D eigenvalue weighted by atomic mass is 31.2. The molecule has 17 nitrogen and oxygen atoms in total. The number of carbonyl (C=O) groups excluding carboxylic acids is 4. The van der Waals surface area contributed by atoms with Crippen LogP contribution >= 0.6 is 15.6 Å². The summed E-state index contributed by atoms with van der Waals surface area (Å²) in [5, 5.41) is 10.7. The maximum absolute atomic E-state index is 13.2. The van der Waals surface area contributed by atoms with Crippen LogP contribution in [-0.4, -0.2) is 96.7 Å². The van der Waals surface area contributed by atoms with E-state index in [1.807, 2.05) is 0 Å². The van der Waals surface area contributed by atoms with E-state index >= 15 is 0 Å². The molecule has 112 heavy (non-hydrogen) atoms. The van der Waals surface area contributed by atoms with Gasteiger partial charge in [-0.25, -0.2) is 9.13 Å². The minimum Gasteiger partial charge on any atom is -0.462 e. The molecule has 0 heterocycles. The number of rotatable bonds is 92. The first-order chi connectivity index (χ1) is 54.4. The Bertz CT molecular complexity index is 2130. The Balaban J connectivity index is 5.18. The molecule has 0 radical (unpaired) electrons. The van der Waals surface area contributed by atoms with Crippen molar-refractivity contribution in [2.45, 2.75) is 522 Å². The number of esters is 4. The van der Waals surface area contributed by atoms with Crippen LogP contribution in [-0.2, 0) is 65.4 Å². The summed E-state index contributed by atoms with van der Waals surface area (Å²) in [5.41, 5.74) is 0. The van der Waals surface area contributed by atoms with Gasteiger partial charge in [-0.3, -0.25) is 37.3 Å². The summed E-state index contributed by atoms with van der Waals surface area (Å²) < 4.78 is 69.1. The van der Waals surface area contributed by atoms with Crippen molar-refractivity contribution in [1.82, 2.24) is 0 Å². The highest BCUT2D eigenvalue weighted by molar-refractivity contribution is 7.47. The number of phosphoric ester groups is 2. The molecule has 0 amide bonds. The van der Waals surface area contributed by atoms with E-state index in [1.54, 1.807) is 0 Å². The molecule has 0 aromatic heterocycles. The smallest absolute Gasteiger partial charge is 0.462 e. The Hall–Kier alpha value is -1.94. The molecule has 666 valence electrons. The molecule has 0 aliphatic heterocycles. The fourth-order valence-corrected chi connectivity index (χ4v) is 16.2. The van der Waals surface area contributed by atoms with Gasteiger partial charge in [0.15, 0.2) is 12.2 Å². The molecular weight excluding hydrogens is 1450 g/mol. The second-order valence-electron chi connectivity index (χ2n) is 34.4. The van der Waals surface area contributed by atoms with Gasteiger partial charge in [-0.1, -0.05) is 452 Å². The van der Waals surface area contributed by atoms with E-state index in [0.717, 1.165) is 102 Å². The second kappa shape index (κ2) is 84.1. The molecule has 0 saturated carbocycles. The third kappa shape index (κ3) is 85.9. The molecule has 19 heteroatoms. The van der Waals surface area contributed by atoms with E-state index in [1.165, 1.54) is 315 Å². The molecule has 0 fully saturated rings. The number of unbranched alkanes of at least 4 members (excludes halogenated alkanes) is 62. The van der Waals surface area contributed by atoms with Gasteiger partial charge in [0.1, 0.15) is 19.3 Å². The number of phosphoric acid groups is 2. The maximum atomic E-state index is 13.2. The first-order valence-corrected chi connectivity index (χ1v) is 51.0. The molecule has 0 aromatic carbocycles. The Morgan fingerprint density at radius 1 is 0.241 bits per heavy atom. The van der Waals surface area contributed by atoms with E-state index in [2.05, 4.69) is 41.5 Å². The van der Waals surface area contributed by atoms with Crippen molar-refractivity contribution in [3.8, 4) is 0 Å².